The van der Waals surface area contributed by atoms with Gasteiger partial charge in [-0.2, -0.15) is 13.2 Å². The first-order valence-electron chi connectivity index (χ1n) is 6.46. The molecule has 2 fully saturated rings. The molecule has 1 N–H and O–H groups in total. The number of amides is 1. The van der Waals surface area contributed by atoms with Gasteiger partial charge in [0.25, 0.3) is 0 Å². The van der Waals surface area contributed by atoms with Crippen molar-refractivity contribution >= 4 is 5.91 Å². The van der Waals surface area contributed by atoms with Crippen molar-refractivity contribution in [2.24, 2.45) is 11.3 Å². The molecule has 0 radical (unpaired) electrons. The van der Waals surface area contributed by atoms with E-state index in [1.807, 2.05) is 0 Å². The molecule has 0 aromatic carbocycles. The lowest BCUT2D eigenvalue weighted by molar-refractivity contribution is -0.221. The van der Waals surface area contributed by atoms with Crippen molar-refractivity contribution in [3.05, 3.63) is 0 Å². The third kappa shape index (κ3) is 2.58. The molecule has 2 unspecified atom stereocenters. The minimum absolute atomic E-state index is 0.147. The summed E-state index contributed by atoms with van der Waals surface area (Å²) in [6, 6.07) is 0. The highest BCUT2D eigenvalue weighted by Gasteiger charge is 2.62. The predicted octanol–water partition coefficient (Wildman–Crippen LogP) is 1.02. The number of hydrogen-bond donors (Lipinski definition) is 1. The predicted molar refractivity (Wildman–Crippen MR) is 62.5 cm³/mol. The van der Waals surface area contributed by atoms with Crippen LogP contribution in [0.3, 0.4) is 0 Å². The molecule has 2 heterocycles. The molecular weight excluding hydrogens is 261 g/mol. The molecule has 0 spiro atoms. The first-order valence-corrected chi connectivity index (χ1v) is 6.46. The number of hydrogen-bond acceptors (Lipinski definition) is 3. The normalized spacial score (nSPS) is 32.0. The van der Waals surface area contributed by atoms with Crippen molar-refractivity contribution in [3.8, 4) is 0 Å². The van der Waals surface area contributed by atoms with Gasteiger partial charge in [0.1, 0.15) is 0 Å². The summed E-state index contributed by atoms with van der Waals surface area (Å²) in [7, 11) is 1.56. The first-order chi connectivity index (χ1) is 8.90. The van der Waals surface area contributed by atoms with Crippen molar-refractivity contribution < 1.29 is 22.7 Å². The Balaban J connectivity index is 2.10. The second kappa shape index (κ2) is 5.28. The largest absolute Gasteiger partial charge is 0.404 e. The van der Waals surface area contributed by atoms with Crippen LogP contribution in [0.1, 0.15) is 12.8 Å². The fourth-order valence-electron chi connectivity index (χ4n) is 2.93. The minimum Gasteiger partial charge on any atom is -0.384 e. The minimum atomic E-state index is -4.49. The van der Waals surface area contributed by atoms with Crippen LogP contribution in [0.5, 0.6) is 0 Å². The molecule has 2 rings (SSSR count). The summed E-state index contributed by atoms with van der Waals surface area (Å²) in [5.74, 6) is -0.628. The average molecular weight is 280 g/mol. The number of methoxy groups -OCH3 is 1. The van der Waals surface area contributed by atoms with Crippen molar-refractivity contribution in [2.45, 2.75) is 19.0 Å². The Kier molecular flexibility index (Phi) is 4.06. The molecule has 7 heteroatoms. The number of nitrogens with one attached hydrogen (secondary N) is 1. The Morgan fingerprint density at radius 1 is 1.53 bits per heavy atom. The second-order valence-corrected chi connectivity index (χ2v) is 5.37. The van der Waals surface area contributed by atoms with Crippen LogP contribution < -0.4 is 5.32 Å². The topological polar surface area (TPSA) is 41.6 Å². The highest BCUT2D eigenvalue weighted by molar-refractivity contribution is 5.84. The van der Waals surface area contributed by atoms with Gasteiger partial charge in [0.2, 0.25) is 5.91 Å². The van der Waals surface area contributed by atoms with E-state index in [0.717, 1.165) is 0 Å². The highest BCUT2D eigenvalue weighted by Crippen LogP contribution is 2.45. The fourth-order valence-corrected chi connectivity index (χ4v) is 2.93. The van der Waals surface area contributed by atoms with E-state index in [9.17, 15) is 18.0 Å². The lowest BCUT2D eigenvalue weighted by Gasteiger charge is -2.33. The second-order valence-electron chi connectivity index (χ2n) is 5.37. The van der Waals surface area contributed by atoms with Gasteiger partial charge in [0.05, 0.1) is 6.61 Å². The van der Waals surface area contributed by atoms with E-state index >= 15 is 0 Å². The van der Waals surface area contributed by atoms with Crippen LogP contribution in [-0.4, -0.2) is 56.9 Å². The zero-order valence-electron chi connectivity index (χ0n) is 10.9. The summed E-state index contributed by atoms with van der Waals surface area (Å²) >= 11 is 0. The zero-order chi connectivity index (χ0) is 14.1. The van der Waals surface area contributed by atoms with Crippen LogP contribution >= 0.6 is 0 Å². The smallest absolute Gasteiger partial charge is 0.384 e. The molecule has 2 aliphatic heterocycles. The monoisotopic (exact) mass is 280 g/mol. The third-order valence-corrected chi connectivity index (χ3v) is 4.08. The highest BCUT2D eigenvalue weighted by atomic mass is 19.4. The van der Waals surface area contributed by atoms with Gasteiger partial charge in [-0.1, -0.05) is 0 Å². The number of alkyl halides is 3. The number of carbonyl (C=O) groups is 1. The standard InChI is InChI=1S/C12H19F3N2O2/c1-19-7-9-2-5-17(6-9)10(18)11(12(13,14)15)3-4-16-8-11/h9,16H,2-8H2,1H3. The number of rotatable bonds is 3. The SMILES string of the molecule is COCC1CCN(C(=O)C2(C(F)(F)F)CCNC2)C1. The van der Waals surface area contributed by atoms with Gasteiger partial charge in [0.15, 0.2) is 5.41 Å². The van der Waals surface area contributed by atoms with E-state index in [0.29, 0.717) is 26.1 Å². The van der Waals surface area contributed by atoms with Gasteiger partial charge < -0.3 is 15.0 Å². The quantitative estimate of drug-likeness (QED) is 0.839. The van der Waals surface area contributed by atoms with Gasteiger partial charge in [-0.05, 0) is 19.4 Å². The van der Waals surface area contributed by atoms with E-state index in [1.54, 1.807) is 7.11 Å². The zero-order valence-corrected chi connectivity index (χ0v) is 10.9. The third-order valence-electron chi connectivity index (χ3n) is 4.08. The Bertz CT molecular complexity index is 340. The van der Waals surface area contributed by atoms with Crippen molar-refractivity contribution in [1.29, 1.82) is 0 Å². The molecule has 2 aliphatic rings. The van der Waals surface area contributed by atoms with E-state index in [4.69, 9.17) is 4.74 Å². The van der Waals surface area contributed by atoms with Gasteiger partial charge in [-0.15, -0.1) is 0 Å². The number of ether oxygens (including phenoxy) is 1. The van der Waals surface area contributed by atoms with Crippen molar-refractivity contribution in [2.75, 3.05) is 39.9 Å². The fraction of sp³-hybridized carbons (Fsp3) is 0.917. The van der Waals surface area contributed by atoms with Crippen molar-refractivity contribution in [1.82, 2.24) is 10.2 Å². The molecule has 2 atom stereocenters. The van der Waals surface area contributed by atoms with Gasteiger partial charge in [-0.25, -0.2) is 0 Å². The number of halogens is 3. The molecule has 4 nitrogen and oxygen atoms in total. The Morgan fingerprint density at radius 2 is 2.26 bits per heavy atom. The molecule has 2 saturated heterocycles. The summed E-state index contributed by atoms with van der Waals surface area (Å²) < 4.78 is 44.8. The molecule has 19 heavy (non-hydrogen) atoms. The maximum absolute atomic E-state index is 13.3. The maximum Gasteiger partial charge on any atom is 0.404 e. The van der Waals surface area contributed by atoms with Gasteiger partial charge in [0, 0.05) is 32.7 Å². The summed E-state index contributed by atoms with van der Waals surface area (Å²) in [4.78, 5) is 13.6. The van der Waals surface area contributed by atoms with E-state index < -0.39 is 17.5 Å². The average Bonchev–Trinajstić information content (AvgIpc) is 2.96. The lowest BCUT2D eigenvalue weighted by atomic mass is 9.84. The Labute approximate surface area is 110 Å². The van der Waals surface area contributed by atoms with Crippen LogP contribution in [0.4, 0.5) is 13.2 Å². The number of likely N-dealkylation sites (tertiary alicyclic amines) is 1. The van der Waals surface area contributed by atoms with E-state index in [1.165, 1.54) is 4.90 Å². The van der Waals surface area contributed by atoms with Crippen LogP contribution in [0.2, 0.25) is 0 Å². The molecular formula is C12H19F3N2O2. The Morgan fingerprint density at radius 3 is 2.79 bits per heavy atom. The van der Waals surface area contributed by atoms with E-state index in [2.05, 4.69) is 5.32 Å². The summed E-state index contributed by atoms with van der Waals surface area (Å²) in [5, 5.41) is 2.67. The molecule has 0 bridgehead atoms. The lowest BCUT2D eigenvalue weighted by Crippen LogP contribution is -2.53. The van der Waals surface area contributed by atoms with Crippen LogP contribution in [-0.2, 0) is 9.53 Å². The molecule has 1 amide bonds. The van der Waals surface area contributed by atoms with Crippen LogP contribution in [0.15, 0.2) is 0 Å². The Hall–Kier alpha value is -0.820. The summed E-state index contributed by atoms with van der Waals surface area (Å²) in [5.41, 5.74) is -2.23. The van der Waals surface area contributed by atoms with Gasteiger partial charge >= 0.3 is 6.18 Å². The molecule has 0 aromatic heterocycles. The first kappa shape index (κ1) is 14.6. The van der Waals surface area contributed by atoms with Crippen molar-refractivity contribution in [3.63, 3.8) is 0 Å². The molecule has 0 aliphatic carbocycles. The van der Waals surface area contributed by atoms with Gasteiger partial charge in [-0.3, -0.25) is 4.79 Å². The number of carbonyl (C=O) groups excluding carboxylic acids is 1. The van der Waals surface area contributed by atoms with Crippen LogP contribution in [0.25, 0.3) is 0 Å². The summed E-state index contributed by atoms with van der Waals surface area (Å²) in [6.07, 6.45) is -3.95. The maximum atomic E-state index is 13.3. The van der Waals surface area contributed by atoms with Crippen LogP contribution in [0, 0.1) is 11.3 Å². The molecule has 110 valence electrons. The summed E-state index contributed by atoms with van der Waals surface area (Å²) in [6.45, 7) is 1.18. The molecule has 0 aromatic rings. The van der Waals surface area contributed by atoms with E-state index in [-0.39, 0.29) is 25.4 Å². The number of nitrogens with zero attached hydrogens (tertiary/aromatic N) is 1. The molecule has 0 saturated carbocycles.